The van der Waals surface area contributed by atoms with E-state index in [2.05, 4.69) is 25.0 Å². The maximum atomic E-state index is 13.6. The number of aromatic nitrogens is 5. The minimum Gasteiger partial charge on any atom is -0.346 e. The van der Waals surface area contributed by atoms with Gasteiger partial charge in [-0.2, -0.15) is 5.10 Å². The van der Waals surface area contributed by atoms with Crippen molar-refractivity contribution in [1.29, 1.82) is 0 Å². The van der Waals surface area contributed by atoms with Crippen LogP contribution >= 0.6 is 11.6 Å². The molecule has 0 saturated carbocycles. The Morgan fingerprint density at radius 2 is 1.97 bits per heavy atom. The van der Waals surface area contributed by atoms with Gasteiger partial charge < -0.3 is 9.88 Å². The van der Waals surface area contributed by atoms with Gasteiger partial charge >= 0.3 is 0 Å². The largest absolute Gasteiger partial charge is 0.346 e. The first kappa shape index (κ1) is 21.2. The first-order valence-corrected chi connectivity index (χ1v) is 11.6. The van der Waals surface area contributed by atoms with Crippen LogP contribution in [0.3, 0.4) is 0 Å². The minimum absolute atomic E-state index is 0.166. The van der Waals surface area contributed by atoms with E-state index < -0.39 is 5.82 Å². The number of aromatic amines is 1. The number of likely N-dealkylation sites (tertiary alicyclic amines) is 2. The van der Waals surface area contributed by atoms with Crippen molar-refractivity contribution in [3.8, 4) is 11.3 Å². The summed E-state index contributed by atoms with van der Waals surface area (Å²) in [5, 5.41) is 5.77. The van der Waals surface area contributed by atoms with E-state index >= 15 is 0 Å². The summed E-state index contributed by atoms with van der Waals surface area (Å²) in [6.07, 6.45) is 9.05. The second kappa shape index (κ2) is 8.48. The number of carbonyl (C=O) groups excluding carboxylic acids is 1. The molecule has 8 nitrogen and oxygen atoms in total. The Labute approximate surface area is 200 Å². The highest BCUT2D eigenvalue weighted by Crippen LogP contribution is 2.30. The van der Waals surface area contributed by atoms with Gasteiger partial charge in [-0.15, -0.1) is 0 Å². The molecule has 0 spiro atoms. The fourth-order valence-electron chi connectivity index (χ4n) is 4.84. The van der Waals surface area contributed by atoms with Crippen molar-refractivity contribution in [2.75, 3.05) is 26.2 Å². The lowest BCUT2D eigenvalue weighted by molar-refractivity contribution is 0.0514. The zero-order valence-electron chi connectivity index (χ0n) is 18.3. The zero-order chi connectivity index (χ0) is 23.2. The summed E-state index contributed by atoms with van der Waals surface area (Å²) in [5.74, 6) is -0.658. The minimum atomic E-state index is -0.492. The normalized spacial score (nSPS) is 17.9. The van der Waals surface area contributed by atoms with Gasteiger partial charge in [-0.05, 0) is 37.1 Å². The topological polar surface area (TPSA) is 82.9 Å². The summed E-state index contributed by atoms with van der Waals surface area (Å²) < 4.78 is 15.6. The average Bonchev–Trinajstić information content (AvgIpc) is 3.47. The first-order chi connectivity index (χ1) is 16.5. The lowest BCUT2D eigenvalue weighted by Crippen LogP contribution is -2.56. The van der Waals surface area contributed by atoms with Crippen LogP contribution in [0.5, 0.6) is 0 Å². The van der Waals surface area contributed by atoms with Gasteiger partial charge in [0.15, 0.2) is 0 Å². The Morgan fingerprint density at radius 3 is 2.76 bits per heavy atom. The monoisotopic (exact) mass is 478 g/mol. The summed E-state index contributed by atoms with van der Waals surface area (Å²) in [6.45, 7) is 3.00. The number of benzene rings is 1. The number of amides is 1. The van der Waals surface area contributed by atoms with Crippen LogP contribution in [-0.2, 0) is 0 Å². The number of piperidine rings is 1. The predicted molar refractivity (Wildman–Crippen MR) is 126 cm³/mol. The second-order valence-corrected chi connectivity index (χ2v) is 9.22. The Balaban J connectivity index is 1.05. The number of hydrogen-bond donors (Lipinski definition) is 1. The molecule has 5 heterocycles. The molecule has 2 fully saturated rings. The second-order valence-electron chi connectivity index (χ2n) is 8.79. The van der Waals surface area contributed by atoms with Crippen molar-refractivity contribution < 1.29 is 9.18 Å². The first-order valence-electron chi connectivity index (χ1n) is 11.2. The van der Waals surface area contributed by atoms with E-state index in [-0.39, 0.29) is 10.9 Å². The van der Waals surface area contributed by atoms with E-state index in [0.717, 1.165) is 48.2 Å². The van der Waals surface area contributed by atoms with E-state index in [1.54, 1.807) is 11.2 Å². The molecule has 3 aromatic heterocycles. The number of carbonyl (C=O) groups is 1. The number of nitrogens with one attached hydrogen (secondary N) is 1. The highest BCUT2D eigenvalue weighted by atomic mass is 35.5. The molecule has 1 amide bonds. The maximum Gasteiger partial charge on any atom is 0.254 e. The molecular formula is C24H22ClFN7O. The quantitative estimate of drug-likeness (QED) is 0.484. The molecule has 0 aliphatic carbocycles. The average molecular weight is 479 g/mol. The van der Waals surface area contributed by atoms with E-state index in [1.807, 2.05) is 29.3 Å². The van der Waals surface area contributed by atoms with Crippen LogP contribution in [0.4, 0.5) is 4.39 Å². The molecule has 0 bridgehead atoms. The van der Waals surface area contributed by atoms with Crippen molar-refractivity contribution in [1.82, 2.24) is 34.5 Å². The van der Waals surface area contributed by atoms with E-state index in [9.17, 15) is 9.18 Å². The molecule has 1 aromatic carbocycles. The van der Waals surface area contributed by atoms with Gasteiger partial charge in [-0.1, -0.05) is 11.6 Å². The summed E-state index contributed by atoms with van der Waals surface area (Å²) >= 11 is 5.91. The van der Waals surface area contributed by atoms with Gasteiger partial charge in [0, 0.05) is 66.2 Å². The smallest absolute Gasteiger partial charge is 0.254 e. The zero-order valence-corrected chi connectivity index (χ0v) is 19.0. The van der Waals surface area contributed by atoms with Crippen LogP contribution in [0.1, 0.15) is 23.2 Å². The van der Waals surface area contributed by atoms with E-state index in [1.165, 1.54) is 24.2 Å². The molecule has 0 atom stereocenters. The van der Waals surface area contributed by atoms with Crippen LogP contribution < -0.4 is 0 Å². The van der Waals surface area contributed by atoms with Crippen LogP contribution in [0.15, 0.2) is 49.2 Å². The number of halogens is 2. The van der Waals surface area contributed by atoms with Crippen molar-refractivity contribution in [2.24, 2.45) is 0 Å². The lowest BCUT2D eigenvalue weighted by Gasteiger charge is -2.46. The van der Waals surface area contributed by atoms with Crippen LogP contribution in [0.25, 0.3) is 22.3 Å². The molecule has 173 valence electrons. The maximum absolute atomic E-state index is 13.6. The molecule has 1 N–H and O–H groups in total. The van der Waals surface area contributed by atoms with Crippen molar-refractivity contribution in [3.63, 3.8) is 0 Å². The number of nitrogens with zero attached hydrogens (tertiary/aromatic N) is 6. The van der Waals surface area contributed by atoms with E-state index in [4.69, 9.17) is 11.6 Å². The van der Waals surface area contributed by atoms with Crippen LogP contribution in [0.2, 0.25) is 5.02 Å². The van der Waals surface area contributed by atoms with Gasteiger partial charge in [0.25, 0.3) is 5.91 Å². The summed E-state index contributed by atoms with van der Waals surface area (Å²) in [7, 11) is 0. The highest BCUT2D eigenvalue weighted by Gasteiger charge is 2.37. The Morgan fingerprint density at radius 1 is 1.15 bits per heavy atom. The fourth-order valence-corrected chi connectivity index (χ4v) is 5.06. The standard InChI is InChI=1S/C24H22ClFN7O/c25-17-7-15(8-18(26)9-17)24(34)31-5-2-19(3-6-31)32-12-20(13-32)33-11-16(10-30-33)22-21-1-4-27-23(21)29-14-28-22/h1,4,7-11,14,19H,2-3,5-6,12-13H2,(H,27,28,29). The van der Waals surface area contributed by atoms with E-state index in [0.29, 0.717) is 24.7 Å². The van der Waals surface area contributed by atoms with Gasteiger partial charge in [-0.25, -0.2) is 14.4 Å². The lowest BCUT2D eigenvalue weighted by atomic mass is 9.97. The van der Waals surface area contributed by atoms with Crippen molar-refractivity contribution >= 4 is 28.5 Å². The summed E-state index contributed by atoms with van der Waals surface area (Å²) in [5.41, 5.74) is 2.94. The molecule has 6 rings (SSSR count). The van der Waals surface area contributed by atoms with Crippen LogP contribution in [-0.4, -0.2) is 72.7 Å². The summed E-state index contributed by atoms with van der Waals surface area (Å²) in [4.78, 5) is 28.8. The molecule has 10 heteroatoms. The number of hydrogen-bond acceptors (Lipinski definition) is 5. The van der Waals surface area contributed by atoms with Gasteiger partial charge in [0.2, 0.25) is 0 Å². The molecular weight excluding hydrogens is 457 g/mol. The van der Waals surface area contributed by atoms with Crippen LogP contribution in [0, 0.1) is 11.9 Å². The molecule has 4 aromatic rings. The fraction of sp³-hybridized carbons (Fsp3) is 0.292. The third kappa shape index (κ3) is 3.84. The Bertz CT molecular complexity index is 1330. The third-order valence-electron chi connectivity index (χ3n) is 6.68. The third-order valence-corrected chi connectivity index (χ3v) is 6.90. The molecule has 2 saturated heterocycles. The predicted octanol–water partition coefficient (Wildman–Crippen LogP) is 3.61. The van der Waals surface area contributed by atoms with Crippen molar-refractivity contribution in [3.05, 3.63) is 71.6 Å². The highest BCUT2D eigenvalue weighted by molar-refractivity contribution is 6.31. The number of H-pyrrole nitrogens is 1. The van der Waals surface area contributed by atoms with Gasteiger partial charge in [-0.3, -0.25) is 14.4 Å². The molecule has 1 radical (unpaired) electrons. The number of rotatable bonds is 4. The number of fused-ring (bicyclic) bond motifs is 1. The Hall–Kier alpha value is -3.30. The van der Waals surface area contributed by atoms with Gasteiger partial charge in [0.1, 0.15) is 23.8 Å². The molecule has 0 unspecified atom stereocenters. The molecule has 2 aliphatic rings. The molecule has 34 heavy (non-hydrogen) atoms. The van der Waals surface area contributed by atoms with Gasteiger partial charge in [0.05, 0.1) is 11.9 Å². The molecule has 2 aliphatic heterocycles. The Kier molecular flexibility index (Phi) is 5.30. The van der Waals surface area contributed by atoms with Crippen molar-refractivity contribution in [2.45, 2.75) is 18.9 Å². The SMILES string of the molecule is O=C(c1cc(F)cc(Cl)c1)N1CCC(N2C[C](n3cc(-c4ncnc5[nH]ccc45)cn3)C2)CC1. The summed E-state index contributed by atoms with van der Waals surface area (Å²) in [6, 6.07) is 7.60.